The van der Waals surface area contributed by atoms with Gasteiger partial charge in [0.1, 0.15) is 5.56 Å². The van der Waals surface area contributed by atoms with Crippen LogP contribution >= 0.6 is 0 Å². The van der Waals surface area contributed by atoms with Crippen LogP contribution in [-0.4, -0.2) is 33.9 Å². The maximum absolute atomic E-state index is 13.0. The molecule has 7 heteroatoms. The van der Waals surface area contributed by atoms with Crippen molar-refractivity contribution in [3.63, 3.8) is 0 Å². The van der Waals surface area contributed by atoms with Crippen molar-refractivity contribution in [3.8, 4) is 11.4 Å². The largest absolute Gasteiger partial charge is 0.505 e. The zero-order chi connectivity index (χ0) is 20.5. The van der Waals surface area contributed by atoms with Crippen LogP contribution in [0, 0.1) is 6.92 Å². The number of aromatic nitrogens is 2. The number of carbonyl (C=O) groups is 2. The van der Waals surface area contributed by atoms with Crippen molar-refractivity contribution < 1.29 is 19.4 Å². The van der Waals surface area contributed by atoms with E-state index in [0.29, 0.717) is 5.69 Å². The topological polar surface area (TPSA) is 93.5 Å². The third-order valence-electron chi connectivity index (χ3n) is 5.18. The standard InChI is InChI=1S/C22H21N3O4/c1-13-7-3-4-11-17(13)25-18-12-6-8-14(18)19(24-25)21(27)23-16-10-5-9-15(20(16)26)22(28)29-2/h3-5,7,9-11,26H,6,8,12H2,1-2H3,(H,23,27). The number of benzene rings is 2. The molecule has 0 saturated heterocycles. The lowest BCUT2D eigenvalue weighted by Gasteiger charge is -2.10. The van der Waals surface area contributed by atoms with E-state index in [9.17, 15) is 14.7 Å². The molecule has 0 spiro atoms. The Hall–Kier alpha value is -3.61. The van der Waals surface area contributed by atoms with Gasteiger partial charge in [0.2, 0.25) is 0 Å². The van der Waals surface area contributed by atoms with Crippen LogP contribution < -0.4 is 5.32 Å². The molecule has 0 aliphatic heterocycles. The van der Waals surface area contributed by atoms with Gasteiger partial charge in [-0.3, -0.25) is 4.79 Å². The number of esters is 1. The molecular formula is C22H21N3O4. The lowest BCUT2D eigenvalue weighted by molar-refractivity contribution is 0.0597. The minimum Gasteiger partial charge on any atom is -0.505 e. The monoisotopic (exact) mass is 391 g/mol. The van der Waals surface area contributed by atoms with Gasteiger partial charge in [-0.1, -0.05) is 24.3 Å². The molecule has 7 nitrogen and oxygen atoms in total. The van der Waals surface area contributed by atoms with E-state index in [0.717, 1.165) is 41.8 Å². The molecule has 1 amide bonds. The van der Waals surface area contributed by atoms with Crippen LogP contribution in [0.5, 0.6) is 5.75 Å². The molecule has 148 valence electrons. The number of hydrogen-bond donors (Lipinski definition) is 2. The minimum absolute atomic E-state index is 0.0130. The molecule has 29 heavy (non-hydrogen) atoms. The van der Waals surface area contributed by atoms with Gasteiger partial charge >= 0.3 is 5.97 Å². The van der Waals surface area contributed by atoms with E-state index < -0.39 is 11.9 Å². The van der Waals surface area contributed by atoms with Crippen LogP contribution in [0.3, 0.4) is 0 Å². The summed E-state index contributed by atoms with van der Waals surface area (Å²) in [5, 5.41) is 17.6. The van der Waals surface area contributed by atoms with Gasteiger partial charge in [-0.05, 0) is 49.9 Å². The number of aryl methyl sites for hydroxylation is 1. The Morgan fingerprint density at radius 2 is 1.93 bits per heavy atom. The zero-order valence-electron chi connectivity index (χ0n) is 16.2. The molecule has 0 saturated carbocycles. The van der Waals surface area contributed by atoms with Crippen molar-refractivity contribution >= 4 is 17.6 Å². The van der Waals surface area contributed by atoms with Gasteiger partial charge in [0.15, 0.2) is 11.4 Å². The highest BCUT2D eigenvalue weighted by molar-refractivity contribution is 6.06. The summed E-state index contributed by atoms with van der Waals surface area (Å²) in [6.07, 6.45) is 2.59. The van der Waals surface area contributed by atoms with Crippen LogP contribution in [0.4, 0.5) is 5.69 Å². The van der Waals surface area contributed by atoms with E-state index in [1.165, 1.54) is 19.2 Å². The van der Waals surface area contributed by atoms with Gasteiger partial charge in [-0.15, -0.1) is 0 Å². The number of carbonyl (C=O) groups excluding carboxylic acids is 2. The number of aromatic hydroxyl groups is 1. The summed E-state index contributed by atoms with van der Waals surface area (Å²) in [5.74, 6) is -1.43. The molecule has 2 aromatic carbocycles. The summed E-state index contributed by atoms with van der Waals surface area (Å²) in [6.45, 7) is 2.01. The quantitative estimate of drug-likeness (QED) is 0.525. The second-order valence-electron chi connectivity index (χ2n) is 6.97. The van der Waals surface area contributed by atoms with Crippen LogP contribution in [0.2, 0.25) is 0 Å². The van der Waals surface area contributed by atoms with Crippen molar-refractivity contribution in [2.75, 3.05) is 12.4 Å². The normalized spacial score (nSPS) is 12.5. The van der Waals surface area contributed by atoms with Crippen LogP contribution in [-0.2, 0) is 17.6 Å². The molecule has 3 aromatic rings. The lowest BCUT2D eigenvalue weighted by atomic mass is 10.1. The van der Waals surface area contributed by atoms with E-state index in [1.807, 2.05) is 35.9 Å². The van der Waals surface area contributed by atoms with Gasteiger partial charge in [-0.2, -0.15) is 5.10 Å². The molecule has 1 aromatic heterocycles. The van der Waals surface area contributed by atoms with Gasteiger partial charge in [-0.25, -0.2) is 9.48 Å². The Balaban J connectivity index is 1.70. The van der Waals surface area contributed by atoms with E-state index in [4.69, 9.17) is 0 Å². The molecule has 0 fully saturated rings. The summed E-state index contributed by atoms with van der Waals surface area (Å²) in [4.78, 5) is 24.8. The van der Waals surface area contributed by atoms with Crippen LogP contribution in [0.15, 0.2) is 42.5 Å². The number of amides is 1. The molecule has 0 unspecified atom stereocenters. The second kappa shape index (κ2) is 7.43. The number of phenols is 1. The van der Waals surface area contributed by atoms with Gasteiger partial charge < -0.3 is 15.2 Å². The summed E-state index contributed by atoms with van der Waals surface area (Å²) in [6, 6.07) is 12.4. The van der Waals surface area contributed by atoms with E-state index in [1.54, 1.807) is 6.07 Å². The van der Waals surface area contributed by atoms with Gasteiger partial charge in [0, 0.05) is 11.3 Å². The predicted molar refractivity (Wildman–Crippen MR) is 108 cm³/mol. The Bertz CT molecular complexity index is 1120. The fourth-order valence-corrected chi connectivity index (χ4v) is 3.72. The first-order chi connectivity index (χ1) is 14.0. The number of rotatable bonds is 4. The minimum atomic E-state index is -0.677. The highest BCUT2D eigenvalue weighted by Gasteiger charge is 2.28. The smallest absolute Gasteiger partial charge is 0.341 e. The Morgan fingerprint density at radius 1 is 1.14 bits per heavy atom. The highest BCUT2D eigenvalue weighted by Crippen LogP contribution is 2.31. The average molecular weight is 391 g/mol. The number of hydrogen-bond acceptors (Lipinski definition) is 5. The molecule has 0 atom stereocenters. The molecule has 1 heterocycles. The summed E-state index contributed by atoms with van der Waals surface area (Å²) in [7, 11) is 1.23. The fourth-order valence-electron chi connectivity index (χ4n) is 3.72. The number of ether oxygens (including phenoxy) is 1. The third kappa shape index (κ3) is 3.24. The van der Waals surface area contributed by atoms with E-state index in [2.05, 4.69) is 15.2 Å². The number of phenolic OH excluding ortho intramolecular Hbond substituents is 1. The first-order valence-corrected chi connectivity index (χ1v) is 9.39. The molecule has 1 aliphatic rings. The zero-order valence-corrected chi connectivity index (χ0v) is 16.2. The summed E-state index contributed by atoms with van der Waals surface area (Å²) >= 11 is 0. The molecule has 1 aliphatic carbocycles. The fraction of sp³-hybridized carbons (Fsp3) is 0.227. The SMILES string of the molecule is COC(=O)c1cccc(NC(=O)c2nn(-c3ccccc3C)c3c2CCC3)c1O. The van der Waals surface area contributed by atoms with Crippen molar-refractivity contribution in [2.24, 2.45) is 0 Å². The maximum atomic E-state index is 13.0. The highest BCUT2D eigenvalue weighted by atomic mass is 16.5. The predicted octanol–water partition coefficient (Wildman–Crippen LogP) is 3.41. The van der Waals surface area contributed by atoms with Crippen molar-refractivity contribution in [3.05, 3.63) is 70.5 Å². The Kier molecular flexibility index (Phi) is 4.80. The Morgan fingerprint density at radius 3 is 2.69 bits per heavy atom. The van der Waals surface area contributed by atoms with E-state index >= 15 is 0 Å². The third-order valence-corrected chi connectivity index (χ3v) is 5.18. The van der Waals surface area contributed by atoms with Crippen molar-refractivity contribution in [2.45, 2.75) is 26.2 Å². The first-order valence-electron chi connectivity index (χ1n) is 9.39. The van der Waals surface area contributed by atoms with Crippen LogP contribution in [0.25, 0.3) is 5.69 Å². The average Bonchev–Trinajstić information content (AvgIpc) is 3.32. The van der Waals surface area contributed by atoms with Crippen LogP contribution in [0.1, 0.15) is 44.1 Å². The maximum Gasteiger partial charge on any atom is 0.341 e. The summed E-state index contributed by atoms with van der Waals surface area (Å²) in [5.41, 5.74) is 4.44. The number of para-hydroxylation sites is 2. The summed E-state index contributed by atoms with van der Waals surface area (Å²) < 4.78 is 6.50. The Labute approximate surface area is 167 Å². The molecule has 0 radical (unpaired) electrons. The molecular weight excluding hydrogens is 370 g/mol. The molecule has 2 N–H and O–H groups in total. The number of methoxy groups -OCH3 is 1. The van der Waals surface area contributed by atoms with E-state index in [-0.39, 0.29) is 17.0 Å². The second-order valence-corrected chi connectivity index (χ2v) is 6.97. The first kappa shape index (κ1) is 18.7. The van der Waals surface area contributed by atoms with Crippen molar-refractivity contribution in [1.82, 2.24) is 9.78 Å². The number of anilines is 1. The number of nitrogens with zero attached hydrogens (tertiary/aromatic N) is 2. The van der Waals surface area contributed by atoms with Crippen molar-refractivity contribution in [1.29, 1.82) is 0 Å². The molecule has 4 rings (SSSR count). The van der Waals surface area contributed by atoms with Gasteiger partial charge in [0.05, 0.1) is 18.5 Å². The number of fused-ring (bicyclic) bond motifs is 1. The number of nitrogens with one attached hydrogen (secondary N) is 1. The molecule has 0 bridgehead atoms. The van der Waals surface area contributed by atoms with Gasteiger partial charge in [0.25, 0.3) is 5.91 Å². The lowest BCUT2D eigenvalue weighted by Crippen LogP contribution is -2.16.